The molecule has 3 nitrogen and oxygen atoms in total. The fourth-order valence-corrected chi connectivity index (χ4v) is 3.72. The third-order valence-electron chi connectivity index (χ3n) is 3.19. The highest BCUT2D eigenvalue weighted by atomic mass is 32.2. The van der Waals surface area contributed by atoms with Gasteiger partial charge in [-0.1, -0.05) is 13.0 Å². The van der Waals surface area contributed by atoms with Crippen LogP contribution in [0, 0.1) is 5.92 Å². The van der Waals surface area contributed by atoms with Crippen LogP contribution in [-0.2, 0) is 15.6 Å². The zero-order valence-corrected chi connectivity index (χ0v) is 10.6. The lowest BCUT2D eigenvalue weighted by Gasteiger charge is -2.22. The molecule has 1 aliphatic carbocycles. The van der Waals surface area contributed by atoms with E-state index in [0.717, 1.165) is 37.1 Å². The Balaban J connectivity index is 2.02. The van der Waals surface area contributed by atoms with Crippen molar-refractivity contribution in [1.82, 2.24) is 4.90 Å². The number of hydrogen-bond acceptors (Lipinski definition) is 2. The molecule has 1 heterocycles. The number of amides is 1. The van der Waals surface area contributed by atoms with E-state index in [0.29, 0.717) is 18.2 Å². The topological polar surface area (TPSA) is 37.4 Å². The van der Waals surface area contributed by atoms with E-state index in [9.17, 15) is 9.00 Å². The van der Waals surface area contributed by atoms with E-state index in [1.807, 2.05) is 4.90 Å². The van der Waals surface area contributed by atoms with Crippen molar-refractivity contribution in [2.45, 2.75) is 26.2 Å². The van der Waals surface area contributed by atoms with Gasteiger partial charge in [-0.15, -0.1) is 0 Å². The van der Waals surface area contributed by atoms with Crippen molar-refractivity contribution < 1.29 is 9.00 Å². The first-order valence-electron chi connectivity index (χ1n) is 6.00. The van der Waals surface area contributed by atoms with Crippen molar-refractivity contribution in [2.24, 2.45) is 5.92 Å². The number of allylic oxidation sites excluding steroid dienone is 1. The molecule has 0 saturated carbocycles. The minimum Gasteiger partial charge on any atom is -0.338 e. The minimum atomic E-state index is -0.740. The van der Waals surface area contributed by atoms with Crippen molar-refractivity contribution in [3.05, 3.63) is 11.6 Å². The zero-order chi connectivity index (χ0) is 11.5. The molecule has 0 N–H and O–H groups in total. The molecule has 1 fully saturated rings. The van der Waals surface area contributed by atoms with Crippen LogP contribution in [0.2, 0.25) is 0 Å². The second-order valence-electron chi connectivity index (χ2n) is 4.79. The van der Waals surface area contributed by atoms with E-state index in [1.165, 1.54) is 0 Å². The molecule has 4 heteroatoms. The number of nitrogens with zero attached hydrogens (tertiary/aromatic N) is 1. The predicted octanol–water partition coefficient (Wildman–Crippen LogP) is 1.32. The Morgan fingerprint density at radius 2 is 2.38 bits per heavy atom. The van der Waals surface area contributed by atoms with E-state index >= 15 is 0 Å². The first kappa shape index (κ1) is 11.8. The molecule has 0 radical (unpaired) electrons. The van der Waals surface area contributed by atoms with Gasteiger partial charge in [0.05, 0.1) is 0 Å². The van der Waals surface area contributed by atoms with Crippen molar-refractivity contribution in [1.29, 1.82) is 0 Å². The molecule has 2 aliphatic rings. The van der Waals surface area contributed by atoms with Gasteiger partial charge in [0, 0.05) is 41.0 Å². The van der Waals surface area contributed by atoms with E-state index in [-0.39, 0.29) is 5.91 Å². The van der Waals surface area contributed by atoms with E-state index in [4.69, 9.17) is 0 Å². The van der Waals surface area contributed by atoms with Crippen LogP contribution < -0.4 is 0 Å². The Kier molecular flexibility index (Phi) is 3.79. The summed E-state index contributed by atoms with van der Waals surface area (Å²) in [4.78, 5) is 14.1. The summed E-state index contributed by atoms with van der Waals surface area (Å²) in [5.41, 5.74) is 0.972. The highest BCUT2D eigenvalue weighted by Crippen LogP contribution is 2.21. The van der Waals surface area contributed by atoms with Gasteiger partial charge in [-0.2, -0.15) is 0 Å². The molecule has 1 saturated heterocycles. The molecule has 0 spiro atoms. The maximum absolute atomic E-state index is 12.2. The maximum Gasteiger partial charge on any atom is 0.249 e. The van der Waals surface area contributed by atoms with Gasteiger partial charge < -0.3 is 4.90 Å². The standard InChI is InChI=1S/C12H19NO2S/c1-10-8-13(6-7-16(15)9-10)12(14)11-4-2-3-5-11/h4,10H,2-3,5-9H2,1H3. The van der Waals surface area contributed by atoms with Gasteiger partial charge in [0.15, 0.2) is 0 Å². The number of carbonyl (C=O) groups excluding carboxylic acids is 1. The molecule has 2 atom stereocenters. The van der Waals surface area contributed by atoms with Crippen LogP contribution in [0.15, 0.2) is 11.6 Å². The second-order valence-corrected chi connectivity index (χ2v) is 6.41. The fraction of sp³-hybridized carbons (Fsp3) is 0.750. The van der Waals surface area contributed by atoms with Crippen LogP contribution in [0.3, 0.4) is 0 Å². The Morgan fingerprint density at radius 1 is 1.56 bits per heavy atom. The molecule has 1 aliphatic heterocycles. The summed E-state index contributed by atoms with van der Waals surface area (Å²) in [6, 6.07) is 0. The fourth-order valence-electron chi connectivity index (χ4n) is 2.39. The summed E-state index contributed by atoms with van der Waals surface area (Å²) in [7, 11) is -0.740. The molecule has 2 unspecified atom stereocenters. The molecule has 2 rings (SSSR count). The normalized spacial score (nSPS) is 31.1. The molecule has 90 valence electrons. The second kappa shape index (κ2) is 5.13. The lowest BCUT2D eigenvalue weighted by molar-refractivity contribution is -0.127. The predicted molar refractivity (Wildman–Crippen MR) is 65.6 cm³/mol. The number of carbonyl (C=O) groups is 1. The Hall–Kier alpha value is -0.640. The monoisotopic (exact) mass is 241 g/mol. The molecule has 16 heavy (non-hydrogen) atoms. The summed E-state index contributed by atoms with van der Waals surface area (Å²) in [6.07, 6.45) is 5.13. The first-order valence-corrected chi connectivity index (χ1v) is 7.49. The Labute approximate surface area is 99.3 Å². The molecule has 0 aromatic rings. The third-order valence-corrected chi connectivity index (χ3v) is 4.77. The van der Waals surface area contributed by atoms with Gasteiger partial charge in [-0.3, -0.25) is 9.00 Å². The highest BCUT2D eigenvalue weighted by Gasteiger charge is 2.25. The quantitative estimate of drug-likeness (QED) is 0.694. The lowest BCUT2D eigenvalue weighted by atomic mass is 10.1. The smallest absolute Gasteiger partial charge is 0.249 e. The van der Waals surface area contributed by atoms with Crippen LogP contribution in [-0.4, -0.2) is 39.6 Å². The zero-order valence-electron chi connectivity index (χ0n) is 9.78. The van der Waals surface area contributed by atoms with Crippen molar-refractivity contribution in [3.63, 3.8) is 0 Å². The van der Waals surface area contributed by atoms with E-state index in [2.05, 4.69) is 13.0 Å². The van der Waals surface area contributed by atoms with Crippen molar-refractivity contribution in [2.75, 3.05) is 24.6 Å². The summed E-state index contributed by atoms with van der Waals surface area (Å²) in [5.74, 6) is 1.92. The highest BCUT2D eigenvalue weighted by molar-refractivity contribution is 7.85. The minimum absolute atomic E-state index is 0.184. The Morgan fingerprint density at radius 3 is 3.06 bits per heavy atom. The van der Waals surface area contributed by atoms with Gasteiger partial charge in [-0.25, -0.2) is 0 Å². The van der Waals surface area contributed by atoms with Crippen LogP contribution in [0.1, 0.15) is 26.2 Å². The molecule has 1 amide bonds. The largest absolute Gasteiger partial charge is 0.338 e. The molecular formula is C12H19NO2S. The average molecular weight is 241 g/mol. The van der Waals surface area contributed by atoms with E-state index in [1.54, 1.807) is 0 Å². The summed E-state index contributed by atoms with van der Waals surface area (Å²) < 4.78 is 11.5. The SMILES string of the molecule is CC1CN(C(=O)C2=CCCC2)CCS(=O)C1. The van der Waals surface area contributed by atoms with Gasteiger partial charge in [-0.05, 0) is 25.2 Å². The first-order chi connectivity index (χ1) is 7.66. The molecule has 0 bridgehead atoms. The lowest BCUT2D eigenvalue weighted by Crippen LogP contribution is -2.36. The van der Waals surface area contributed by atoms with Crippen LogP contribution in [0.5, 0.6) is 0 Å². The van der Waals surface area contributed by atoms with E-state index < -0.39 is 10.8 Å². The maximum atomic E-state index is 12.2. The van der Waals surface area contributed by atoms with Gasteiger partial charge in [0.1, 0.15) is 0 Å². The van der Waals surface area contributed by atoms with Crippen LogP contribution in [0.25, 0.3) is 0 Å². The Bertz CT molecular complexity index is 338. The third kappa shape index (κ3) is 2.73. The summed E-state index contributed by atoms with van der Waals surface area (Å²) >= 11 is 0. The van der Waals surface area contributed by atoms with Gasteiger partial charge in [0.25, 0.3) is 0 Å². The molecular weight excluding hydrogens is 222 g/mol. The number of hydrogen-bond donors (Lipinski definition) is 0. The van der Waals surface area contributed by atoms with Gasteiger partial charge >= 0.3 is 0 Å². The number of rotatable bonds is 1. The molecule has 0 aromatic carbocycles. The van der Waals surface area contributed by atoms with Crippen molar-refractivity contribution in [3.8, 4) is 0 Å². The summed E-state index contributed by atoms with van der Waals surface area (Å²) in [6.45, 7) is 3.50. The molecule has 0 aromatic heterocycles. The van der Waals surface area contributed by atoms with Crippen molar-refractivity contribution >= 4 is 16.7 Å². The van der Waals surface area contributed by atoms with Crippen LogP contribution in [0.4, 0.5) is 0 Å². The van der Waals surface area contributed by atoms with Gasteiger partial charge in [0.2, 0.25) is 5.91 Å². The summed E-state index contributed by atoms with van der Waals surface area (Å²) in [5, 5.41) is 0. The van der Waals surface area contributed by atoms with Crippen LogP contribution >= 0.6 is 0 Å². The average Bonchev–Trinajstić information content (AvgIpc) is 2.70.